The first kappa shape index (κ1) is 15.0. The summed E-state index contributed by atoms with van der Waals surface area (Å²) in [4.78, 5) is 0. The molecule has 0 spiro atoms. The highest BCUT2D eigenvalue weighted by molar-refractivity contribution is 6.33. The molecule has 6 heteroatoms. The van der Waals surface area contributed by atoms with Crippen LogP contribution >= 0.6 is 23.2 Å². The lowest BCUT2D eigenvalue weighted by Crippen LogP contribution is -2.03. The molecule has 0 amide bonds. The van der Waals surface area contributed by atoms with E-state index in [1.165, 1.54) is 24.3 Å². The van der Waals surface area contributed by atoms with Crippen molar-refractivity contribution in [3.63, 3.8) is 0 Å². The van der Waals surface area contributed by atoms with Gasteiger partial charge < -0.3 is 9.84 Å². The van der Waals surface area contributed by atoms with Gasteiger partial charge in [-0.2, -0.15) is 8.78 Å². The van der Waals surface area contributed by atoms with Crippen LogP contribution in [0.3, 0.4) is 0 Å². The van der Waals surface area contributed by atoms with E-state index in [2.05, 4.69) is 4.74 Å². The molecule has 20 heavy (non-hydrogen) atoms. The highest BCUT2D eigenvalue weighted by atomic mass is 35.5. The number of hydrogen-bond acceptors (Lipinski definition) is 2. The normalized spacial score (nSPS) is 12.5. The zero-order chi connectivity index (χ0) is 14.7. The number of aliphatic hydroxyl groups is 1. The average molecular weight is 319 g/mol. The molecule has 0 aliphatic rings. The van der Waals surface area contributed by atoms with Gasteiger partial charge in [0.1, 0.15) is 11.9 Å². The Morgan fingerprint density at radius 1 is 1.00 bits per heavy atom. The Labute approximate surface area is 124 Å². The summed E-state index contributed by atoms with van der Waals surface area (Å²) in [6, 6.07) is 10.4. The van der Waals surface area contributed by atoms with E-state index in [9.17, 15) is 13.9 Å². The van der Waals surface area contributed by atoms with Gasteiger partial charge in [-0.05, 0) is 35.9 Å². The lowest BCUT2D eigenvalue weighted by atomic mass is 10.0. The molecule has 2 nitrogen and oxygen atoms in total. The van der Waals surface area contributed by atoms with Crippen molar-refractivity contribution in [2.45, 2.75) is 12.7 Å². The Morgan fingerprint density at radius 3 is 2.25 bits per heavy atom. The van der Waals surface area contributed by atoms with E-state index in [0.29, 0.717) is 21.2 Å². The second-order valence-electron chi connectivity index (χ2n) is 4.02. The number of aliphatic hydroxyl groups excluding tert-OH is 1. The van der Waals surface area contributed by atoms with E-state index in [0.717, 1.165) is 0 Å². The number of alkyl halides is 2. The monoisotopic (exact) mass is 318 g/mol. The van der Waals surface area contributed by atoms with Crippen LogP contribution in [0.25, 0.3) is 0 Å². The van der Waals surface area contributed by atoms with Gasteiger partial charge in [-0.25, -0.2) is 0 Å². The molecule has 2 rings (SSSR count). The van der Waals surface area contributed by atoms with Crippen molar-refractivity contribution < 1.29 is 18.6 Å². The van der Waals surface area contributed by atoms with Crippen LogP contribution in [0.15, 0.2) is 42.5 Å². The van der Waals surface area contributed by atoms with Gasteiger partial charge in [0.25, 0.3) is 0 Å². The fourth-order valence-corrected chi connectivity index (χ4v) is 2.14. The van der Waals surface area contributed by atoms with Crippen molar-refractivity contribution in [2.24, 2.45) is 0 Å². The molecule has 0 aromatic heterocycles. The minimum absolute atomic E-state index is 0.0214. The molecule has 1 N–H and O–H groups in total. The van der Waals surface area contributed by atoms with Crippen molar-refractivity contribution in [3.8, 4) is 5.75 Å². The van der Waals surface area contributed by atoms with Gasteiger partial charge in [-0.1, -0.05) is 35.3 Å². The van der Waals surface area contributed by atoms with E-state index in [-0.39, 0.29) is 5.75 Å². The summed E-state index contributed by atoms with van der Waals surface area (Å²) in [6.07, 6.45) is -0.998. The molecule has 0 saturated heterocycles. The molecule has 2 aromatic carbocycles. The predicted octanol–water partition coefficient (Wildman–Crippen LogP) is 4.68. The molecular formula is C14H10Cl2F2O2. The van der Waals surface area contributed by atoms with Crippen LogP contribution in [0.5, 0.6) is 5.75 Å². The van der Waals surface area contributed by atoms with E-state index in [1.807, 2.05) is 0 Å². The standard InChI is InChI=1S/C14H10Cl2F2O2/c15-9-3-6-12(16)11(7-9)13(19)8-1-4-10(5-2-8)20-14(17)18/h1-7,13-14,19H. The topological polar surface area (TPSA) is 29.5 Å². The molecule has 0 radical (unpaired) electrons. The molecule has 0 bridgehead atoms. The predicted molar refractivity (Wildman–Crippen MR) is 73.6 cm³/mol. The maximum absolute atomic E-state index is 12.0. The average Bonchev–Trinajstić information content (AvgIpc) is 2.41. The van der Waals surface area contributed by atoms with Crippen LogP contribution in [0.1, 0.15) is 17.2 Å². The van der Waals surface area contributed by atoms with Crippen molar-refractivity contribution in [1.29, 1.82) is 0 Å². The minimum Gasteiger partial charge on any atom is -0.435 e. The quantitative estimate of drug-likeness (QED) is 0.887. The Kier molecular flexibility index (Phi) is 4.81. The van der Waals surface area contributed by atoms with E-state index in [4.69, 9.17) is 23.2 Å². The molecular weight excluding hydrogens is 309 g/mol. The third-order valence-electron chi connectivity index (χ3n) is 2.67. The van der Waals surface area contributed by atoms with Crippen LogP contribution < -0.4 is 4.74 Å². The molecule has 2 aromatic rings. The summed E-state index contributed by atoms with van der Waals surface area (Å²) in [6.45, 7) is -2.88. The van der Waals surface area contributed by atoms with Crippen molar-refractivity contribution in [1.82, 2.24) is 0 Å². The Bertz CT molecular complexity index is 588. The van der Waals surface area contributed by atoms with Gasteiger partial charge >= 0.3 is 6.61 Å². The molecule has 0 aliphatic carbocycles. The van der Waals surface area contributed by atoms with E-state index >= 15 is 0 Å². The van der Waals surface area contributed by atoms with Gasteiger partial charge in [0, 0.05) is 15.6 Å². The number of ether oxygens (including phenoxy) is 1. The Morgan fingerprint density at radius 2 is 1.65 bits per heavy atom. The van der Waals surface area contributed by atoms with Crippen LogP contribution in [-0.4, -0.2) is 11.7 Å². The smallest absolute Gasteiger partial charge is 0.387 e. The van der Waals surface area contributed by atoms with Gasteiger partial charge in [0.15, 0.2) is 0 Å². The van der Waals surface area contributed by atoms with Crippen molar-refractivity contribution >= 4 is 23.2 Å². The summed E-state index contributed by atoms with van der Waals surface area (Å²) in [5, 5.41) is 11.1. The fourth-order valence-electron chi connectivity index (χ4n) is 1.74. The zero-order valence-corrected chi connectivity index (χ0v) is 11.6. The second-order valence-corrected chi connectivity index (χ2v) is 4.86. The maximum atomic E-state index is 12.0. The molecule has 0 saturated carbocycles. The molecule has 0 aliphatic heterocycles. The molecule has 0 heterocycles. The van der Waals surface area contributed by atoms with Crippen molar-refractivity contribution in [3.05, 3.63) is 63.6 Å². The van der Waals surface area contributed by atoms with Crippen molar-refractivity contribution in [2.75, 3.05) is 0 Å². The van der Waals surface area contributed by atoms with Crippen LogP contribution in [0, 0.1) is 0 Å². The lowest BCUT2D eigenvalue weighted by molar-refractivity contribution is -0.0498. The number of benzene rings is 2. The maximum Gasteiger partial charge on any atom is 0.387 e. The first-order valence-corrected chi connectivity index (χ1v) is 6.41. The highest BCUT2D eigenvalue weighted by Gasteiger charge is 2.15. The van der Waals surface area contributed by atoms with Crippen LogP contribution in [-0.2, 0) is 0 Å². The summed E-state index contributed by atoms with van der Waals surface area (Å²) < 4.78 is 28.3. The van der Waals surface area contributed by atoms with Gasteiger partial charge in [-0.3, -0.25) is 0 Å². The summed E-state index contributed by atoms with van der Waals surface area (Å²) in [5.41, 5.74) is 0.942. The molecule has 1 atom stereocenters. The largest absolute Gasteiger partial charge is 0.435 e. The highest BCUT2D eigenvalue weighted by Crippen LogP contribution is 2.31. The second kappa shape index (κ2) is 6.39. The van der Waals surface area contributed by atoms with Crippen LogP contribution in [0.2, 0.25) is 10.0 Å². The Hall–Kier alpha value is -1.36. The summed E-state index contributed by atoms with van der Waals surface area (Å²) >= 11 is 11.9. The molecule has 1 unspecified atom stereocenters. The zero-order valence-electron chi connectivity index (χ0n) is 10.1. The van der Waals surface area contributed by atoms with Gasteiger partial charge in [0.05, 0.1) is 0 Å². The number of hydrogen-bond donors (Lipinski definition) is 1. The first-order valence-electron chi connectivity index (χ1n) is 5.65. The van der Waals surface area contributed by atoms with Crippen LogP contribution in [0.4, 0.5) is 8.78 Å². The minimum atomic E-state index is -2.88. The van der Waals surface area contributed by atoms with E-state index in [1.54, 1.807) is 18.2 Å². The van der Waals surface area contributed by atoms with Gasteiger partial charge in [-0.15, -0.1) is 0 Å². The Balaban J connectivity index is 2.24. The SMILES string of the molecule is OC(c1ccc(OC(F)F)cc1)c1cc(Cl)ccc1Cl. The summed E-state index contributed by atoms with van der Waals surface area (Å²) in [5.74, 6) is 0.0214. The van der Waals surface area contributed by atoms with E-state index < -0.39 is 12.7 Å². The number of rotatable bonds is 4. The summed E-state index contributed by atoms with van der Waals surface area (Å²) in [7, 11) is 0. The van der Waals surface area contributed by atoms with Gasteiger partial charge in [0.2, 0.25) is 0 Å². The lowest BCUT2D eigenvalue weighted by Gasteiger charge is -2.14. The fraction of sp³-hybridized carbons (Fsp3) is 0.143. The first-order chi connectivity index (χ1) is 9.47. The molecule has 106 valence electrons. The third kappa shape index (κ3) is 3.60. The number of halogens is 4. The molecule has 0 fully saturated rings. The third-order valence-corrected chi connectivity index (χ3v) is 3.25.